The number of thioether (sulfide) groups is 1. The summed E-state index contributed by atoms with van der Waals surface area (Å²) < 4.78 is 1.89. The van der Waals surface area contributed by atoms with Crippen molar-refractivity contribution in [3.63, 3.8) is 0 Å². The van der Waals surface area contributed by atoms with Crippen LogP contribution >= 0.6 is 23.4 Å². The van der Waals surface area contributed by atoms with Crippen LogP contribution in [0.15, 0.2) is 84.0 Å². The summed E-state index contributed by atoms with van der Waals surface area (Å²) >= 11 is 7.25. The maximum atomic E-state index is 12.4. The number of nitrogens with zero attached hydrogens (tertiary/aromatic N) is 3. The van der Waals surface area contributed by atoms with Gasteiger partial charge in [-0.1, -0.05) is 47.6 Å². The van der Waals surface area contributed by atoms with Gasteiger partial charge in [0.2, 0.25) is 5.91 Å². The zero-order valence-electron chi connectivity index (χ0n) is 15.7. The summed E-state index contributed by atoms with van der Waals surface area (Å²) in [5.41, 5.74) is 2.32. The molecular weight excluding hydrogens is 420 g/mol. The number of nitrogens with one attached hydrogen (secondary N) is 1. The van der Waals surface area contributed by atoms with E-state index >= 15 is 0 Å². The van der Waals surface area contributed by atoms with Crippen LogP contribution in [0.3, 0.4) is 0 Å². The van der Waals surface area contributed by atoms with Crippen molar-refractivity contribution in [3.05, 3.63) is 83.9 Å². The molecule has 2 N–H and O–H groups in total. The summed E-state index contributed by atoms with van der Waals surface area (Å²) in [5.74, 6) is 0.791. The van der Waals surface area contributed by atoms with E-state index in [2.05, 4.69) is 15.5 Å². The van der Waals surface area contributed by atoms with Crippen LogP contribution in [0.2, 0.25) is 5.02 Å². The molecule has 1 heterocycles. The number of carbonyl (C=O) groups is 1. The van der Waals surface area contributed by atoms with E-state index < -0.39 is 0 Å². The van der Waals surface area contributed by atoms with Crippen LogP contribution in [0.4, 0.5) is 5.69 Å². The molecule has 0 unspecified atom stereocenters. The fourth-order valence-corrected chi connectivity index (χ4v) is 3.81. The molecule has 3 aromatic carbocycles. The van der Waals surface area contributed by atoms with Gasteiger partial charge in [0.1, 0.15) is 5.75 Å². The molecule has 0 bridgehead atoms. The predicted octanol–water partition coefficient (Wildman–Crippen LogP) is 5.02. The molecule has 0 atom stereocenters. The molecule has 150 valence electrons. The van der Waals surface area contributed by atoms with Crippen molar-refractivity contribution in [1.29, 1.82) is 0 Å². The Morgan fingerprint density at radius 2 is 1.77 bits per heavy atom. The number of hydrogen-bond acceptors (Lipinski definition) is 5. The third-order valence-corrected chi connectivity index (χ3v) is 5.38. The molecule has 8 heteroatoms. The maximum Gasteiger partial charge on any atom is 0.234 e. The van der Waals surface area contributed by atoms with Crippen LogP contribution in [-0.2, 0) is 4.79 Å². The molecule has 6 nitrogen and oxygen atoms in total. The average molecular weight is 437 g/mol. The smallest absolute Gasteiger partial charge is 0.234 e. The highest BCUT2D eigenvalue weighted by molar-refractivity contribution is 7.99. The maximum absolute atomic E-state index is 12.4. The Morgan fingerprint density at radius 3 is 2.50 bits per heavy atom. The highest BCUT2D eigenvalue weighted by atomic mass is 35.5. The number of para-hydroxylation sites is 1. The van der Waals surface area contributed by atoms with Crippen LogP contribution < -0.4 is 5.32 Å². The lowest BCUT2D eigenvalue weighted by Crippen LogP contribution is -2.14. The molecule has 0 spiro atoms. The molecule has 1 aromatic heterocycles. The Labute approximate surface area is 182 Å². The number of halogens is 1. The average Bonchev–Trinajstić information content (AvgIpc) is 3.17. The topological polar surface area (TPSA) is 80.0 Å². The first-order valence-electron chi connectivity index (χ1n) is 9.08. The highest BCUT2D eigenvalue weighted by Gasteiger charge is 2.17. The van der Waals surface area contributed by atoms with Crippen LogP contribution in [0, 0.1) is 0 Å². The van der Waals surface area contributed by atoms with Crippen molar-refractivity contribution in [3.8, 4) is 22.8 Å². The van der Waals surface area contributed by atoms with Gasteiger partial charge in [-0.3, -0.25) is 9.36 Å². The molecule has 0 radical (unpaired) electrons. The molecule has 0 saturated carbocycles. The van der Waals surface area contributed by atoms with E-state index in [0.717, 1.165) is 11.3 Å². The van der Waals surface area contributed by atoms with Gasteiger partial charge in [-0.15, -0.1) is 10.2 Å². The molecule has 4 aromatic rings. The Bertz CT molecular complexity index is 1160. The molecule has 4 rings (SSSR count). The van der Waals surface area contributed by atoms with Crippen LogP contribution in [0.5, 0.6) is 5.75 Å². The zero-order chi connectivity index (χ0) is 20.9. The summed E-state index contributed by atoms with van der Waals surface area (Å²) in [4.78, 5) is 12.4. The summed E-state index contributed by atoms with van der Waals surface area (Å²) in [6.45, 7) is 0. The first-order chi connectivity index (χ1) is 14.6. The minimum atomic E-state index is -0.170. The number of carbonyl (C=O) groups excluding carboxylic acids is 1. The molecule has 30 heavy (non-hydrogen) atoms. The third kappa shape index (κ3) is 4.64. The van der Waals surface area contributed by atoms with Gasteiger partial charge < -0.3 is 10.4 Å². The largest absolute Gasteiger partial charge is 0.508 e. The molecule has 0 aliphatic rings. The van der Waals surface area contributed by atoms with E-state index in [0.29, 0.717) is 21.7 Å². The standard InChI is InChI=1S/C22H17ClN4O2S/c23-16-5-4-6-17(13-16)24-20(29)14-30-22-26-25-21(15-9-11-19(28)12-10-15)27(22)18-7-2-1-3-8-18/h1-13,28H,14H2,(H,24,29). The molecule has 0 saturated heterocycles. The first-order valence-corrected chi connectivity index (χ1v) is 10.4. The highest BCUT2D eigenvalue weighted by Crippen LogP contribution is 2.29. The molecular formula is C22H17ClN4O2S. The fourth-order valence-electron chi connectivity index (χ4n) is 2.86. The second kappa shape index (κ2) is 9.02. The van der Waals surface area contributed by atoms with Gasteiger partial charge in [0.25, 0.3) is 0 Å². The molecule has 0 aliphatic heterocycles. The van der Waals surface area contributed by atoms with Crippen molar-refractivity contribution in [2.75, 3.05) is 11.1 Å². The summed E-state index contributed by atoms with van der Waals surface area (Å²) in [6, 6.07) is 23.4. The lowest BCUT2D eigenvalue weighted by Gasteiger charge is -2.10. The van der Waals surface area contributed by atoms with Crippen molar-refractivity contribution in [2.45, 2.75) is 5.16 Å². The third-order valence-electron chi connectivity index (χ3n) is 4.21. The monoisotopic (exact) mass is 436 g/mol. The Kier molecular flexibility index (Phi) is 6.02. The van der Waals surface area contributed by atoms with E-state index in [-0.39, 0.29) is 17.4 Å². The van der Waals surface area contributed by atoms with Gasteiger partial charge in [-0.05, 0) is 54.6 Å². The number of phenolic OH excluding ortho intramolecular Hbond substituents is 1. The number of hydrogen-bond donors (Lipinski definition) is 2. The van der Waals surface area contributed by atoms with Crippen LogP contribution in [0.25, 0.3) is 17.1 Å². The van der Waals surface area contributed by atoms with Crippen molar-refractivity contribution in [2.24, 2.45) is 0 Å². The van der Waals surface area contributed by atoms with Gasteiger partial charge in [-0.2, -0.15) is 0 Å². The van der Waals surface area contributed by atoms with Crippen molar-refractivity contribution < 1.29 is 9.90 Å². The van der Waals surface area contributed by atoms with Crippen LogP contribution in [0.1, 0.15) is 0 Å². The molecule has 0 fully saturated rings. The summed E-state index contributed by atoms with van der Waals surface area (Å²) in [5, 5.41) is 22.2. The number of amides is 1. The number of anilines is 1. The summed E-state index contributed by atoms with van der Waals surface area (Å²) in [7, 11) is 0. The summed E-state index contributed by atoms with van der Waals surface area (Å²) in [6.07, 6.45) is 0. The number of aromatic hydroxyl groups is 1. The Morgan fingerprint density at radius 1 is 1.00 bits per heavy atom. The van der Waals surface area contributed by atoms with E-state index in [1.54, 1.807) is 48.5 Å². The SMILES string of the molecule is O=C(CSc1nnc(-c2ccc(O)cc2)n1-c1ccccc1)Nc1cccc(Cl)c1. The minimum absolute atomic E-state index is 0.160. The molecule has 1 amide bonds. The quantitative estimate of drug-likeness (QED) is 0.414. The van der Waals surface area contributed by atoms with Gasteiger partial charge in [0.05, 0.1) is 5.75 Å². The second-order valence-electron chi connectivity index (χ2n) is 6.37. The number of rotatable bonds is 6. The van der Waals surface area contributed by atoms with Gasteiger partial charge in [0.15, 0.2) is 11.0 Å². The van der Waals surface area contributed by atoms with E-state index in [9.17, 15) is 9.90 Å². The minimum Gasteiger partial charge on any atom is -0.508 e. The first kappa shape index (κ1) is 20.0. The molecule has 0 aliphatic carbocycles. The van der Waals surface area contributed by atoms with Gasteiger partial charge in [-0.25, -0.2) is 0 Å². The Balaban J connectivity index is 1.58. The zero-order valence-corrected chi connectivity index (χ0v) is 17.3. The predicted molar refractivity (Wildman–Crippen MR) is 119 cm³/mol. The van der Waals surface area contributed by atoms with Crippen LogP contribution in [-0.4, -0.2) is 31.5 Å². The number of benzene rings is 3. The lowest BCUT2D eigenvalue weighted by atomic mass is 10.2. The lowest BCUT2D eigenvalue weighted by molar-refractivity contribution is -0.113. The van der Waals surface area contributed by atoms with Crippen molar-refractivity contribution >= 4 is 35.0 Å². The second-order valence-corrected chi connectivity index (χ2v) is 7.75. The van der Waals surface area contributed by atoms with Crippen molar-refractivity contribution in [1.82, 2.24) is 14.8 Å². The number of phenols is 1. The van der Waals surface area contributed by atoms with Gasteiger partial charge in [0, 0.05) is 22.0 Å². The van der Waals surface area contributed by atoms with E-state index in [1.165, 1.54) is 11.8 Å². The van der Waals surface area contributed by atoms with Gasteiger partial charge >= 0.3 is 0 Å². The number of aromatic nitrogens is 3. The fraction of sp³-hybridized carbons (Fsp3) is 0.0455. The van der Waals surface area contributed by atoms with E-state index in [4.69, 9.17) is 11.6 Å². The van der Waals surface area contributed by atoms with E-state index in [1.807, 2.05) is 34.9 Å². The normalized spacial score (nSPS) is 10.7. The Hall–Kier alpha value is -3.29.